The predicted octanol–water partition coefficient (Wildman–Crippen LogP) is 4.75. The molecule has 0 aromatic carbocycles. The highest BCUT2D eigenvalue weighted by Gasteiger charge is 2.32. The van der Waals surface area contributed by atoms with Crippen molar-refractivity contribution in [3.63, 3.8) is 0 Å². The summed E-state index contributed by atoms with van der Waals surface area (Å²) in [5.41, 5.74) is 0.196. The minimum absolute atomic E-state index is 0.385. The van der Waals surface area contributed by atoms with Crippen molar-refractivity contribution >= 4 is 6.09 Å². The number of hydrogen-bond donors (Lipinski definition) is 1. The smallest absolute Gasteiger partial charge is 0.433 e. The normalized spacial score (nSPS) is 13.2. The molecule has 5 nitrogen and oxygen atoms in total. The first-order valence-electron chi connectivity index (χ1n) is 7.95. The van der Waals surface area contributed by atoms with Gasteiger partial charge in [-0.3, -0.25) is 9.97 Å². The molecule has 2 aromatic heterocycles. The fourth-order valence-electron chi connectivity index (χ4n) is 2.12. The largest absolute Gasteiger partial charge is 0.444 e. The van der Waals surface area contributed by atoms with E-state index in [0.29, 0.717) is 16.8 Å². The Kier molecular flexibility index (Phi) is 5.53. The molecule has 1 atom stereocenters. The maximum atomic E-state index is 12.6. The SMILES string of the molecule is C[C@H](NC(=O)OC(C)(C)C)c1ccc(-c2ccc(C(F)(F)F)nc2)cn1. The molecule has 0 saturated carbocycles. The summed E-state index contributed by atoms with van der Waals surface area (Å²) in [6, 6.07) is 5.28. The van der Waals surface area contributed by atoms with E-state index in [-0.39, 0.29) is 6.04 Å². The number of halogens is 3. The molecule has 1 N–H and O–H groups in total. The van der Waals surface area contributed by atoms with Crippen molar-refractivity contribution in [2.24, 2.45) is 0 Å². The summed E-state index contributed by atoms with van der Waals surface area (Å²) in [7, 11) is 0. The second-order valence-corrected chi connectivity index (χ2v) is 6.77. The molecule has 0 aliphatic rings. The van der Waals surface area contributed by atoms with Crippen molar-refractivity contribution in [3.8, 4) is 11.1 Å². The van der Waals surface area contributed by atoms with E-state index in [9.17, 15) is 18.0 Å². The number of nitrogens with one attached hydrogen (secondary N) is 1. The van der Waals surface area contributed by atoms with E-state index < -0.39 is 23.6 Å². The van der Waals surface area contributed by atoms with Crippen LogP contribution in [0.3, 0.4) is 0 Å². The molecule has 8 heteroatoms. The average Bonchev–Trinajstić information content (AvgIpc) is 2.52. The first kappa shape index (κ1) is 19.7. The van der Waals surface area contributed by atoms with Crippen LogP contribution in [-0.4, -0.2) is 21.7 Å². The van der Waals surface area contributed by atoms with Crippen molar-refractivity contribution in [2.75, 3.05) is 0 Å². The van der Waals surface area contributed by atoms with Gasteiger partial charge in [0.05, 0.1) is 11.7 Å². The van der Waals surface area contributed by atoms with E-state index in [1.54, 1.807) is 39.8 Å². The Balaban J connectivity index is 2.07. The first-order valence-corrected chi connectivity index (χ1v) is 7.95. The van der Waals surface area contributed by atoms with E-state index in [4.69, 9.17) is 4.74 Å². The molecule has 26 heavy (non-hydrogen) atoms. The van der Waals surface area contributed by atoms with Crippen LogP contribution in [0.5, 0.6) is 0 Å². The topological polar surface area (TPSA) is 64.1 Å². The molecular formula is C18H20F3N3O2. The molecule has 0 spiro atoms. The molecule has 2 rings (SSSR count). The number of hydrogen-bond acceptors (Lipinski definition) is 4. The lowest BCUT2D eigenvalue weighted by atomic mass is 10.1. The van der Waals surface area contributed by atoms with E-state index in [2.05, 4.69) is 15.3 Å². The fourth-order valence-corrected chi connectivity index (χ4v) is 2.12. The summed E-state index contributed by atoms with van der Waals surface area (Å²) < 4.78 is 42.8. The molecule has 0 fully saturated rings. The summed E-state index contributed by atoms with van der Waals surface area (Å²) in [5.74, 6) is 0. The van der Waals surface area contributed by atoms with Gasteiger partial charge >= 0.3 is 12.3 Å². The van der Waals surface area contributed by atoms with Crippen molar-refractivity contribution in [1.82, 2.24) is 15.3 Å². The van der Waals surface area contributed by atoms with Crippen LogP contribution < -0.4 is 5.32 Å². The lowest BCUT2D eigenvalue weighted by molar-refractivity contribution is -0.141. The second kappa shape index (κ2) is 7.31. The molecule has 140 valence electrons. The number of amides is 1. The van der Waals surface area contributed by atoms with Gasteiger partial charge in [0.15, 0.2) is 0 Å². The number of aromatic nitrogens is 2. The summed E-state index contributed by atoms with van der Waals surface area (Å²) in [5, 5.41) is 2.68. The van der Waals surface area contributed by atoms with Crippen LogP contribution in [0.25, 0.3) is 11.1 Å². The zero-order chi connectivity index (χ0) is 19.5. The van der Waals surface area contributed by atoms with E-state index in [1.165, 1.54) is 12.3 Å². The van der Waals surface area contributed by atoms with Gasteiger partial charge in [-0.1, -0.05) is 12.1 Å². The van der Waals surface area contributed by atoms with Crippen molar-refractivity contribution in [1.29, 1.82) is 0 Å². The first-order chi connectivity index (χ1) is 12.0. The van der Waals surface area contributed by atoms with Gasteiger partial charge in [-0.25, -0.2) is 4.79 Å². The van der Waals surface area contributed by atoms with Gasteiger partial charge in [-0.05, 0) is 39.8 Å². The van der Waals surface area contributed by atoms with Gasteiger partial charge in [-0.2, -0.15) is 13.2 Å². The molecule has 0 unspecified atom stereocenters. The number of alkyl halides is 3. The summed E-state index contributed by atoms with van der Waals surface area (Å²) in [6.07, 6.45) is -2.35. The van der Waals surface area contributed by atoms with Gasteiger partial charge in [0.25, 0.3) is 0 Å². The number of carbonyl (C=O) groups is 1. The zero-order valence-electron chi connectivity index (χ0n) is 14.9. The predicted molar refractivity (Wildman–Crippen MR) is 90.3 cm³/mol. The number of alkyl carbamates (subject to hydrolysis) is 1. The average molecular weight is 367 g/mol. The van der Waals surface area contributed by atoms with Crippen molar-refractivity contribution < 1.29 is 22.7 Å². The number of carbonyl (C=O) groups excluding carboxylic acids is 1. The summed E-state index contributed by atoms with van der Waals surface area (Å²) in [4.78, 5) is 19.5. The zero-order valence-corrected chi connectivity index (χ0v) is 14.9. The highest BCUT2D eigenvalue weighted by molar-refractivity contribution is 5.68. The maximum Gasteiger partial charge on any atom is 0.433 e. The van der Waals surface area contributed by atoms with Crippen LogP contribution >= 0.6 is 0 Å². The van der Waals surface area contributed by atoms with Gasteiger partial charge in [0.2, 0.25) is 0 Å². The molecule has 0 aliphatic carbocycles. The molecule has 0 saturated heterocycles. The molecule has 0 aliphatic heterocycles. The van der Waals surface area contributed by atoms with Crippen LogP contribution in [0.15, 0.2) is 36.7 Å². The van der Waals surface area contributed by atoms with Crippen LogP contribution in [0, 0.1) is 0 Å². The Morgan fingerprint density at radius 3 is 2.04 bits per heavy atom. The highest BCUT2D eigenvalue weighted by atomic mass is 19.4. The molecule has 0 radical (unpaired) electrons. The molecule has 2 aromatic rings. The van der Waals surface area contributed by atoms with Crippen LogP contribution in [0.1, 0.15) is 45.1 Å². The van der Waals surface area contributed by atoms with Crippen LogP contribution in [-0.2, 0) is 10.9 Å². The number of ether oxygens (including phenoxy) is 1. The Labute approximate surface area is 149 Å². The Bertz CT molecular complexity index is 751. The van der Waals surface area contributed by atoms with E-state index in [0.717, 1.165) is 12.3 Å². The quantitative estimate of drug-likeness (QED) is 0.850. The van der Waals surface area contributed by atoms with Crippen LogP contribution in [0.4, 0.5) is 18.0 Å². The van der Waals surface area contributed by atoms with E-state index >= 15 is 0 Å². The minimum Gasteiger partial charge on any atom is -0.444 e. The highest BCUT2D eigenvalue weighted by Crippen LogP contribution is 2.29. The lowest BCUT2D eigenvalue weighted by Crippen LogP contribution is -2.34. The fraction of sp³-hybridized carbons (Fsp3) is 0.389. The number of nitrogens with zero attached hydrogens (tertiary/aromatic N) is 2. The monoisotopic (exact) mass is 367 g/mol. The maximum absolute atomic E-state index is 12.6. The molecule has 0 bridgehead atoms. The number of rotatable bonds is 3. The number of pyridine rings is 2. The third-order valence-electron chi connectivity index (χ3n) is 3.35. The Hall–Kier alpha value is -2.64. The Morgan fingerprint density at radius 1 is 1.04 bits per heavy atom. The molecule has 1 amide bonds. The third kappa shape index (κ3) is 5.44. The van der Waals surface area contributed by atoms with Crippen molar-refractivity contribution in [2.45, 2.75) is 45.5 Å². The van der Waals surface area contributed by atoms with Crippen molar-refractivity contribution in [3.05, 3.63) is 48.0 Å². The lowest BCUT2D eigenvalue weighted by Gasteiger charge is -2.21. The molecular weight excluding hydrogens is 347 g/mol. The summed E-state index contributed by atoms with van der Waals surface area (Å²) in [6.45, 7) is 7.05. The van der Waals surface area contributed by atoms with Gasteiger partial charge in [0.1, 0.15) is 11.3 Å². The summed E-state index contributed by atoms with van der Waals surface area (Å²) >= 11 is 0. The second-order valence-electron chi connectivity index (χ2n) is 6.77. The van der Waals surface area contributed by atoms with Crippen LogP contribution in [0.2, 0.25) is 0 Å². The molecule has 2 heterocycles. The standard InChI is InChI=1S/C18H20F3N3O2/c1-11(24-16(25)26-17(2,3)4)14-7-5-12(9-22-14)13-6-8-15(23-10-13)18(19,20)21/h5-11H,1-4H3,(H,24,25)/t11-/m0/s1. The Morgan fingerprint density at radius 2 is 1.62 bits per heavy atom. The minimum atomic E-state index is -4.47. The van der Waals surface area contributed by atoms with E-state index in [1.807, 2.05) is 0 Å². The van der Waals surface area contributed by atoms with Gasteiger partial charge < -0.3 is 10.1 Å². The van der Waals surface area contributed by atoms with Gasteiger partial charge in [0, 0.05) is 23.5 Å². The third-order valence-corrected chi connectivity index (χ3v) is 3.35. The van der Waals surface area contributed by atoms with Gasteiger partial charge in [-0.15, -0.1) is 0 Å².